The zero-order valence-electron chi connectivity index (χ0n) is 15.0. The smallest absolute Gasteiger partial charge is 0.179 e. The minimum atomic E-state index is 0.839. The molecule has 0 amide bonds. The monoisotopic (exact) mass is 337 g/mol. The lowest BCUT2D eigenvalue weighted by atomic mass is 10.1. The predicted octanol–water partition coefficient (Wildman–Crippen LogP) is 3.43. The van der Waals surface area contributed by atoms with Crippen molar-refractivity contribution in [2.24, 2.45) is 0 Å². The van der Waals surface area contributed by atoms with Gasteiger partial charge in [0.25, 0.3) is 0 Å². The number of methoxy groups -OCH3 is 1. The summed E-state index contributed by atoms with van der Waals surface area (Å²) in [5.74, 6) is 1.75. The van der Waals surface area contributed by atoms with Crippen molar-refractivity contribution in [1.82, 2.24) is 20.0 Å². The minimum Gasteiger partial charge on any atom is -0.497 e. The third kappa shape index (κ3) is 2.71. The fourth-order valence-corrected chi connectivity index (χ4v) is 3.61. The Kier molecular flexibility index (Phi) is 4.03. The van der Waals surface area contributed by atoms with Gasteiger partial charge >= 0.3 is 0 Å². The molecule has 1 aliphatic heterocycles. The highest BCUT2D eigenvalue weighted by Crippen LogP contribution is 2.30. The van der Waals surface area contributed by atoms with Crippen LogP contribution in [0, 0.1) is 13.8 Å². The van der Waals surface area contributed by atoms with Crippen LogP contribution >= 0.6 is 0 Å². The van der Waals surface area contributed by atoms with Crippen LogP contribution in [0.25, 0.3) is 16.6 Å². The number of hydrogen-bond acceptors (Lipinski definition) is 5. The number of piperidine rings is 1. The highest BCUT2D eigenvalue weighted by Gasteiger charge is 2.21. The van der Waals surface area contributed by atoms with Crippen LogP contribution in [0.4, 0.5) is 5.82 Å². The summed E-state index contributed by atoms with van der Waals surface area (Å²) in [5.41, 5.74) is 3.97. The second-order valence-electron chi connectivity index (χ2n) is 6.58. The Bertz CT molecular complexity index is 894. The van der Waals surface area contributed by atoms with Crippen LogP contribution in [0.15, 0.2) is 24.3 Å². The van der Waals surface area contributed by atoms with E-state index >= 15 is 0 Å². The number of anilines is 1. The summed E-state index contributed by atoms with van der Waals surface area (Å²) in [7, 11) is 1.67. The topological polar surface area (TPSA) is 56.1 Å². The Morgan fingerprint density at radius 1 is 0.960 bits per heavy atom. The van der Waals surface area contributed by atoms with E-state index in [-0.39, 0.29) is 0 Å². The van der Waals surface area contributed by atoms with Crippen molar-refractivity contribution in [2.45, 2.75) is 33.1 Å². The molecule has 0 saturated carbocycles. The van der Waals surface area contributed by atoms with Gasteiger partial charge in [0.1, 0.15) is 11.3 Å². The van der Waals surface area contributed by atoms with Gasteiger partial charge in [0.05, 0.1) is 29.6 Å². The Hall–Kier alpha value is -2.63. The summed E-state index contributed by atoms with van der Waals surface area (Å²) in [6, 6.07) is 7.95. The standard InChI is InChI=1S/C19H23N5O/c1-13-17-14(2)24(15-7-9-16(25-3)10-8-15)22-18(17)19(21-20-13)23-11-5-4-6-12-23/h7-10H,4-6,11-12H2,1-3H3. The van der Waals surface area contributed by atoms with Gasteiger partial charge in [0.15, 0.2) is 5.82 Å². The van der Waals surface area contributed by atoms with E-state index in [0.717, 1.165) is 52.6 Å². The quantitative estimate of drug-likeness (QED) is 0.733. The fourth-order valence-electron chi connectivity index (χ4n) is 3.61. The molecule has 0 spiro atoms. The predicted molar refractivity (Wildman–Crippen MR) is 98.8 cm³/mol. The molecule has 25 heavy (non-hydrogen) atoms. The molecule has 2 aromatic heterocycles. The van der Waals surface area contributed by atoms with Crippen molar-refractivity contribution in [3.8, 4) is 11.4 Å². The van der Waals surface area contributed by atoms with Crippen molar-refractivity contribution in [3.05, 3.63) is 35.7 Å². The van der Waals surface area contributed by atoms with Crippen molar-refractivity contribution in [3.63, 3.8) is 0 Å². The van der Waals surface area contributed by atoms with Crippen molar-refractivity contribution < 1.29 is 4.74 Å². The first-order valence-electron chi connectivity index (χ1n) is 8.81. The molecule has 1 fully saturated rings. The Morgan fingerprint density at radius 3 is 2.36 bits per heavy atom. The van der Waals surface area contributed by atoms with Crippen LogP contribution in [-0.4, -0.2) is 40.2 Å². The van der Waals surface area contributed by atoms with Crippen molar-refractivity contribution in [2.75, 3.05) is 25.1 Å². The van der Waals surface area contributed by atoms with E-state index in [1.54, 1.807) is 7.11 Å². The van der Waals surface area contributed by atoms with Crippen LogP contribution in [0.3, 0.4) is 0 Å². The molecule has 1 aliphatic rings. The molecule has 0 radical (unpaired) electrons. The molecule has 0 aliphatic carbocycles. The van der Waals surface area contributed by atoms with Gasteiger partial charge in [-0.15, -0.1) is 5.10 Å². The van der Waals surface area contributed by atoms with E-state index in [2.05, 4.69) is 22.0 Å². The maximum atomic E-state index is 5.26. The summed E-state index contributed by atoms with van der Waals surface area (Å²) >= 11 is 0. The number of aryl methyl sites for hydroxylation is 2. The highest BCUT2D eigenvalue weighted by atomic mass is 16.5. The first kappa shape index (κ1) is 15.9. The van der Waals surface area contributed by atoms with Gasteiger partial charge in [0.2, 0.25) is 0 Å². The number of nitrogens with zero attached hydrogens (tertiary/aromatic N) is 5. The van der Waals surface area contributed by atoms with E-state index in [4.69, 9.17) is 9.84 Å². The molecule has 3 heterocycles. The third-order valence-electron chi connectivity index (χ3n) is 4.96. The molecule has 3 aromatic rings. The lowest BCUT2D eigenvalue weighted by molar-refractivity contribution is 0.414. The first-order chi connectivity index (χ1) is 12.2. The molecule has 130 valence electrons. The third-order valence-corrected chi connectivity index (χ3v) is 4.96. The fraction of sp³-hybridized carbons (Fsp3) is 0.421. The number of ether oxygens (including phenoxy) is 1. The number of benzene rings is 1. The number of hydrogen-bond donors (Lipinski definition) is 0. The maximum absolute atomic E-state index is 5.26. The van der Waals surface area contributed by atoms with Crippen LogP contribution < -0.4 is 9.64 Å². The van der Waals surface area contributed by atoms with E-state index in [9.17, 15) is 0 Å². The van der Waals surface area contributed by atoms with Crippen LogP contribution in [0.1, 0.15) is 30.7 Å². The summed E-state index contributed by atoms with van der Waals surface area (Å²) < 4.78 is 7.24. The minimum absolute atomic E-state index is 0.839. The Labute approximate surface area is 147 Å². The van der Waals surface area contributed by atoms with E-state index in [1.807, 2.05) is 35.9 Å². The first-order valence-corrected chi connectivity index (χ1v) is 8.81. The van der Waals surface area contributed by atoms with Gasteiger partial charge in [-0.2, -0.15) is 10.2 Å². The summed E-state index contributed by atoms with van der Waals surface area (Å²) in [4.78, 5) is 2.32. The molecule has 0 unspecified atom stereocenters. The molecule has 1 aromatic carbocycles. The van der Waals surface area contributed by atoms with Gasteiger partial charge < -0.3 is 9.64 Å². The largest absolute Gasteiger partial charge is 0.497 e. The number of aromatic nitrogens is 4. The van der Waals surface area contributed by atoms with Crippen LogP contribution in [-0.2, 0) is 0 Å². The van der Waals surface area contributed by atoms with Crippen LogP contribution in [0.5, 0.6) is 5.75 Å². The molecule has 4 rings (SSSR count). The second-order valence-corrected chi connectivity index (χ2v) is 6.58. The lowest BCUT2D eigenvalue weighted by Gasteiger charge is -2.27. The normalized spacial score (nSPS) is 14.9. The average Bonchev–Trinajstić information content (AvgIpc) is 3.01. The van der Waals surface area contributed by atoms with E-state index in [0.29, 0.717) is 0 Å². The lowest BCUT2D eigenvalue weighted by Crippen LogP contribution is -2.30. The Morgan fingerprint density at radius 2 is 1.68 bits per heavy atom. The van der Waals surface area contributed by atoms with Gasteiger partial charge in [-0.1, -0.05) is 0 Å². The molecule has 0 bridgehead atoms. The van der Waals surface area contributed by atoms with Gasteiger partial charge in [-0.25, -0.2) is 4.68 Å². The number of fused-ring (bicyclic) bond motifs is 1. The van der Waals surface area contributed by atoms with Crippen LogP contribution in [0.2, 0.25) is 0 Å². The average molecular weight is 337 g/mol. The SMILES string of the molecule is COc1ccc(-n2nc3c(N4CCCCC4)nnc(C)c3c2C)cc1. The number of rotatable bonds is 3. The molecule has 6 nitrogen and oxygen atoms in total. The second kappa shape index (κ2) is 6.35. The summed E-state index contributed by atoms with van der Waals surface area (Å²) in [5, 5.41) is 14.9. The molecule has 6 heteroatoms. The molecular weight excluding hydrogens is 314 g/mol. The Balaban J connectivity index is 1.86. The highest BCUT2D eigenvalue weighted by molar-refractivity contribution is 5.92. The van der Waals surface area contributed by atoms with E-state index < -0.39 is 0 Å². The summed E-state index contributed by atoms with van der Waals surface area (Å²) in [6.45, 7) is 6.15. The van der Waals surface area contributed by atoms with Gasteiger partial charge in [-0.3, -0.25) is 0 Å². The maximum Gasteiger partial charge on any atom is 0.179 e. The van der Waals surface area contributed by atoms with Gasteiger partial charge in [-0.05, 0) is 57.4 Å². The zero-order valence-corrected chi connectivity index (χ0v) is 15.0. The molecular formula is C19H23N5O. The van der Waals surface area contributed by atoms with Gasteiger partial charge in [0, 0.05) is 13.1 Å². The molecule has 1 saturated heterocycles. The van der Waals surface area contributed by atoms with E-state index in [1.165, 1.54) is 19.3 Å². The van der Waals surface area contributed by atoms with Crippen molar-refractivity contribution in [1.29, 1.82) is 0 Å². The molecule has 0 N–H and O–H groups in total. The van der Waals surface area contributed by atoms with Crippen molar-refractivity contribution >= 4 is 16.7 Å². The summed E-state index contributed by atoms with van der Waals surface area (Å²) in [6.07, 6.45) is 3.70. The molecule has 0 atom stereocenters. The zero-order chi connectivity index (χ0) is 17.4.